The molecule has 31 heavy (non-hydrogen) atoms. The van der Waals surface area contributed by atoms with E-state index in [0.717, 1.165) is 40.0 Å². The molecule has 1 aromatic heterocycles. The Morgan fingerprint density at radius 1 is 1.19 bits per heavy atom. The average Bonchev–Trinajstić information content (AvgIpc) is 3.14. The molecular formula is C24H29ClN4O2. The fraction of sp³-hybridized carbons (Fsp3) is 0.333. The molecule has 0 fully saturated rings. The molecule has 2 aromatic carbocycles. The normalized spacial score (nSPS) is 12.0. The first-order valence-electron chi connectivity index (χ1n) is 10.2. The minimum Gasteiger partial charge on any atom is -0.486 e. The van der Waals surface area contributed by atoms with E-state index < -0.39 is 0 Å². The Morgan fingerprint density at radius 2 is 2.00 bits per heavy atom. The van der Waals surface area contributed by atoms with E-state index in [-0.39, 0.29) is 6.61 Å². The standard InChI is InChI=1S/C24H29ClN4O2/c1-6-28(4)16-26-20-12-18(3)23-19(13-20)10-11-29(23)14-21(27-30-5)15-31-24-17(2)8-7-9-22(24)25/h7-13,16H,6,14-15H2,1-5H3/b26-16?,27-21+. The van der Waals surface area contributed by atoms with Crippen molar-refractivity contribution in [1.29, 1.82) is 0 Å². The van der Waals surface area contributed by atoms with Gasteiger partial charge in [0.2, 0.25) is 0 Å². The third-order valence-corrected chi connectivity index (χ3v) is 5.36. The summed E-state index contributed by atoms with van der Waals surface area (Å²) >= 11 is 6.29. The van der Waals surface area contributed by atoms with Crippen LogP contribution in [0.15, 0.2) is 52.7 Å². The topological polar surface area (TPSA) is 51.4 Å². The number of fused-ring (bicyclic) bond motifs is 1. The molecule has 0 spiro atoms. The lowest BCUT2D eigenvalue weighted by molar-refractivity contribution is 0.208. The Labute approximate surface area is 188 Å². The molecule has 0 bridgehead atoms. The summed E-state index contributed by atoms with van der Waals surface area (Å²) in [5.41, 5.74) is 4.96. The van der Waals surface area contributed by atoms with Crippen molar-refractivity contribution in [1.82, 2.24) is 9.47 Å². The number of nitrogens with zero attached hydrogens (tertiary/aromatic N) is 4. The number of aliphatic imine (C=N–C) groups is 1. The molecule has 0 N–H and O–H groups in total. The summed E-state index contributed by atoms with van der Waals surface area (Å²) in [6.45, 7) is 7.90. The predicted octanol–water partition coefficient (Wildman–Crippen LogP) is 5.60. The van der Waals surface area contributed by atoms with Crippen molar-refractivity contribution in [3.8, 4) is 5.75 Å². The molecule has 3 aromatic rings. The smallest absolute Gasteiger partial charge is 0.141 e. The molecule has 7 heteroatoms. The Hall–Kier alpha value is -2.99. The van der Waals surface area contributed by atoms with Crippen molar-refractivity contribution in [2.24, 2.45) is 10.1 Å². The van der Waals surface area contributed by atoms with Gasteiger partial charge in [0.1, 0.15) is 25.2 Å². The van der Waals surface area contributed by atoms with Gasteiger partial charge in [0.25, 0.3) is 0 Å². The molecule has 0 atom stereocenters. The van der Waals surface area contributed by atoms with Gasteiger partial charge in [-0.05, 0) is 56.2 Å². The van der Waals surface area contributed by atoms with E-state index >= 15 is 0 Å². The van der Waals surface area contributed by atoms with E-state index in [9.17, 15) is 0 Å². The third kappa shape index (κ3) is 5.58. The van der Waals surface area contributed by atoms with Gasteiger partial charge >= 0.3 is 0 Å². The first-order chi connectivity index (χ1) is 14.9. The third-order valence-electron chi connectivity index (χ3n) is 5.06. The maximum Gasteiger partial charge on any atom is 0.141 e. The number of rotatable bonds is 9. The van der Waals surface area contributed by atoms with Gasteiger partial charge in [-0.3, -0.25) is 0 Å². The van der Waals surface area contributed by atoms with Crippen LogP contribution in [0, 0.1) is 13.8 Å². The highest BCUT2D eigenvalue weighted by Crippen LogP contribution is 2.29. The summed E-state index contributed by atoms with van der Waals surface area (Å²) in [5, 5.41) is 5.90. The van der Waals surface area contributed by atoms with Gasteiger partial charge in [-0.25, -0.2) is 4.99 Å². The Bertz CT molecular complexity index is 1080. The number of hydrogen-bond acceptors (Lipinski definition) is 4. The van der Waals surface area contributed by atoms with Gasteiger partial charge in [-0.1, -0.05) is 28.9 Å². The van der Waals surface area contributed by atoms with E-state index in [1.54, 1.807) is 0 Å². The molecule has 0 saturated heterocycles. The predicted molar refractivity (Wildman–Crippen MR) is 129 cm³/mol. The maximum atomic E-state index is 6.29. The lowest BCUT2D eigenvalue weighted by atomic mass is 10.1. The van der Waals surface area contributed by atoms with E-state index in [0.29, 0.717) is 17.3 Å². The lowest BCUT2D eigenvalue weighted by Gasteiger charge is -2.14. The highest BCUT2D eigenvalue weighted by molar-refractivity contribution is 6.32. The highest BCUT2D eigenvalue weighted by Gasteiger charge is 2.12. The fourth-order valence-electron chi connectivity index (χ4n) is 3.39. The molecule has 0 unspecified atom stereocenters. The van der Waals surface area contributed by atoms with Crippen LogP contribution in [0.3, 0.4) is 0 Å². The Kier molecular flexibility index (Phi) is 7.58. The molecule has 6 nitrogen and oxygen atoms in total. The quantitative estimate of drug-likeness (QED) is 0.247. The summed E-state index contributed by atoms with van der Waals surface area (Å²) in [6.07, 6.45) is 3.91. The zero-order valence-corrected chi connectivity index (χ0v) is 19.5. The van der Waals surface area contributed by atoms with Gasteiger partial charge in [0, 0.05) is 25.2 Å². The van der Waals surface area contributed by atoms with Crippen molar-refractivity contribution < 1.29 is 9.57 Å². The minimum atomic E-state index is 0.281. The average molecular weight is 441 g/mol. The van der Waals surface area contributed by atoms with Crippen LogP contribution in [0.1, 0.15) is 18.1 Å². The summed E-state index contributed by atoms with van der Waals surface area (Å²) < 4.78 is 8.13. The van der Waals surface area contributed by atoms with Crippen LogP contribution >= 0.6 is 11.6 Å². The summed E-state index contributed by atoms with van der Waals surface area (Å²) in [7, 11) is 3.55. The van der Waals surface area contributed by atoms with Crippen molar-refractivity contribution in [2.75, 3.05) is 27.3 Å². The molecule has 0 aliphatic rings. The zero-order valence-electron chi connectivity index (χ0n) is 18.7. The molecule has 164 valence electrons. The second-order valence-corrected chi connectivity index (χ2v) is 7.88. The molecule has 0 saturated carbocycles. The molecule has 0 aliphatic carbocycles. The van der Waals surface area contributed by atoms with Crippen LogP contribution in [0.25, 0.3) is 10.9 Å². The number of halogens is 1. The van der Waals surface area contributed by atoms with Crippen LogP contribution in [0.5, 0.6) is 5.75 Å². The molecule has 0 aliphatic heterocycles. The minimum absolute atomic E-state index is 0.281. The van der Waals surface area contributed by atoms with Crippen LogP contribution in [0.2, 0.25) is 5.02 Å². The highest BCUT2D eigenvalue weighted by atomic mass is 35.5. The molecular weight excluding hydrogens is 412 g/mol. The molecule has 0 amide bonds. The Morgan fingerprint density at radius 3 is 2.71 bits per heavy atom. The van der Waals surface area contributed by atoms with Crippen LogP contribution < -0.4 is 4.74 Å². The SMILES string of the molecule is CCN(C)C=Nc1cc(C)c2c(ccn2C/C(COc2c(C)cccc2Cl)=N\OC)c1. The second kappa shape index (κ2) is 10.4. The van der Waals surface area contributed by atoms with Crippen molar-refractivity contribution in [2.45, 2.75) is 27.3 Å². The van der Waals surface area contributed by atoms with Gasteiger partial charge in [-0.15, -0.1) is 0 Å². The van der Waals surface area contributed by atoms with Crippen molar-refractivity contribution in [3.63, 3.8) is 0 Å². The van der Waals surface area contributed by atoms with Crippen LogP contribution in [-0.4, -0.2) is 48.8 Å². The van der Waals surface area contributed by atoms with Gasteiger partial charge in [0.05, 0.1) is 29.1 Å². The van der Waals surface area contributed by atoms with Crippen LogP contribution in [0.4, 0.5) is 5.69 Å². The number of benzene rings is 2. The maximum absolute atomic E-state index is 6.29. The number of aryl methyl sites for hydroxylation is 2. The zero-order chi connectivity index (χ0) is 22.4. The number of para-hydroxylation sites is 1. The molecule has 0 radical (unpaired) electrons. The van der Waals surface area contributed by atoms with Crippen molar-refractivity contribution >= 4 is 40.2 Å². The summed E-state index contributed by atoms with van der Waals surface area (Å²) in [4.78, 5) is 11.7. The first-order valence-corrected chi connectivity index (χ1v) is 10.6. The van der Waals surface area contributed by atoms with E-state index in [4.69, 9.17) is 21.2 Å². The van der Waals surface area contributed by atoms with E-state index in [2.05, 4.69) is 53.0 Å². The van der Waals surface area contributed by atoms with Crippen LogP contribution in [-0.2, 0) is 11.4 Å². The number of aromatic nitrogens is 1. The van der Waals surface area contributed by atoms with Gasteiger partial charge < -0.3 is 19.0 Å². The molecule has 3 rings (SSSR count). The lowest BCUT2D eigenvalue weighted by Crippen LogP contribution is -2.19. The number of oxime groups is 1. The fourth-order valence-corrected chi connectivity index (χ4v) is 3.66. The number of ether oxygens (including phenoxy) is 1. The van der Waals surface area contributed by atoms with Gasteiger partial charge in [0.15, 0.2) is 0 Å². The van der Waals surface area contributed by atoms with Gasteiger partial charge in [-0.2, -0.15) is 0 Å². The molecule has 1 heterocycles. The number of hydrogen-bond donors (Lipinski definition) is 0. The van der Waals surface area contributed by atoms with E-state index in [1.807, 2.05) is 43.4 Å². The largest absolute Gasteiger partial charge is 0.486 e. The second-order valence-electron chi connectivity index (χ2n) is 7.48. The monoisotopic (exact) mass is 440 g/mol. The summed E-state index contributed by atoms with van der Waals surface area (Å²) in [6, 6.07) is 12.0. The first kappa shape index (κ1) is 22.7. The summed E-state index contributed by atoms with van der Waals surface area (Å²) in [5.74, 6) is 0.668. The Balaban J connectivity index is 1.81. The van der Waals surface area contributed by atoms with Crippen molar-refractivity contribution in [3.05, 3.63) is 58.7 Å². The van der Waals surface area contributed by atoms with E-state index in [1.165, 1.54) is 7.11 Å².